The van der Waals surface area contributed by atoms with Crippen molar-refractivity contribution in [2.45, 2.75) is 6.92 Å². The van der Waals surface area contributed by atoms with Gasteiger partial charge in [0.1, 0.15) is 0 Å². The summed E-state index contributed by atoms with van der Waals surface area (Å²) in [6.07, 6.45) is 1.02. The topological polar surface area (TPSA) is 106 Å². The smallest absolute Gasteiger partial charge is 0.251 e. The summed E-state index contributed by atoms with van der Waals surface area (Å²) in [5.74, 6) is 0.139. The molecule has 3 N–H and O–H groups in total. The predicted molar refractivity (Wildman–Crippen MR) is 96.1 cm³/mol. The Morgan fingerprint density at radius 2 is 1.83 bits per heavy atom. The normalized spacial score (nSPS) is 10.5. The molecule has 24 heavy (non-hydrogen) atoms. The van der Waals surface area contributed by atoms with Gasteiger partial charge in [0.2, 0.25) is 10.0 Å². The predicted octanol–water partition coefficient (Wildman–Crippen LogP) is 0.836. The van der Waals surface area contributed by atoms with Crippen molar-refractivity contribution in [3.05, 3.63) is 17.7 Å². The van der Waals surface area contributed by atoms with Crippen molar-refractivity contribution in [1.29, 1.82) is 0 Å². The van der Waals surface area contributed by atoms with Crippen LogP contribution in [0.25, 0.3) is 0 Å². The third-order valence-corrected chi connectivity index (χ3v) is 3.46. The highest BCUT2D eigenvalue weighted by atomic mass is 35.5. The van der Waals surface area contributed by atoms with E-state index in [1.165, 1.54) is 26.4 Å². The lowest BCUT2D eigenvalue weighted by molar-refractivity contribution is 0.0953. The minimum atomic E-state index is -3.53. The second kappa shape index (κ2) is 10.2. The van der Waals surface area contributed by atoms with Gasteiger partial charge in [-0.25, -0.2) is 8.42 Å². The second-order valence-corrected chi connectivity index (χ2v) is 6.49. The van der Waals surface area contributed by atoms with Crippen molar-refractivity contribution in [2.75, 3.05) is 44.8 Å². The zero-order chi connectivity index (χ0) is 17.5. The molecule has 0 saturated heterocycles. The Morgan fingerprint density at radius 1 is 1.17 bits per heavy atom. The van der Waals surface area contributed by atoms with Crippen LogP contribution in [-0.4, -0.2) is 54.4 Å². The maximum atomic E-state index is 12.2. The number of amides is 1. The number of anilines is 1. The van der Waals surface area contributed by atoms with Gasteiger partial charge in [-0.2, -0.15) is 0 Å². The van der Waals surface area contributed by atoms with Crippen molar-refractivity contribution in [1.82, 2.24) is 10.6 Å². The van der Waals surface area contributed by atoms with Crippen molar-refractivity contribution in [3.8, 4) is 11.5 Å². The number of halogens is 1. The van der Waals surface area contributed by atoms with Gasteiger partial charge in [0, 0.05) is 18.7 Å². The minimum Gasteiger partial charge on any atom is -0.493 e. The van der Waals surface area contributed by atoms with E-state index in [2.05, 4.69) is 15.4 Å². The largest absolute Gasteiger partial charge is 0.493 e. The highest BCUT2D eigenvalue weighted by Gasteiger charge is 2.18. The number of nitrogens with one attached hydrogen (secondary N) is 3. The molecule has 0 bridgehead atoms. The van der Waals surface area contributed by atoms with Gasteiger partial charge in [0.05, 0.1) is 26.2 Å². The molecule has 0 aliphatic carbocycles. The number of sulfonamides is 1. The maximum Gasteiger partial charge on any atom is 0.251 e. The molecular weight excluding hydrogens is 358 g/mol. The summed E-state index contributed by atoms with van der Waals surface area (Å²) in [6.45, 7) is 3.88. The maximum absolute atomic E-state index is 12.2. The molecule has 0 aromatic heterocycles. The highest BCUT2D eigenvalue weighted by molar-refractivity contribution is 7.92. The molecule has 1 amide bonds. The van der Waals surface area contributed by atoms with Gasteiger partial charge < -0.3 is 20.1 Å². The zero-order valence-corrected chi connectivity index (χ0v) is 15.8. The fourth-order valence-electron chi connectivity index (χ4n) is 1.91. The average molecular weight is 382 g/mol. The van der Waals surface area contributed by atoms with Gasteiger partial charge in [-0.15, -0.1) is 12.4 Å². The SMILES string of the molecule is CCNCCNC(=O)c1cc(NS(C)(=O)=O)c(OC)c(OC)c1.Cl. The van der Waals surface area contributed by atoms with Gasteiger partial charge in [-0.3, -0.25) is 9.52 Å². The molecule has 138 valence electrons. The lowest BCUT2D eigenvalue weighted by atomic mass is 10.1. The van der Waals surface area contributed by atoms with Crippen LogP contribution in [0.4, 0.5) is 5.69 Å². The van der Waals surface area contributed by atoms with Gasteiger partial charge >= 0.3 is 0 Å². The summed E-state index contributed by atoms with van der Waals surface area (Å²) in [5.41, 5.74) is 0.413. The van der Waals surface area contributed by atoms with E-state index < -0.39 is 10.0 Å². The van der Waals surface area contributed by atoms with Crippen LogP contribution in [0.15, 0.2) is 12.1 Å². The number of carbonyl (C=O) groups excluding carboxylic acids is 1. The zero-order valence-electron chi connectivity index (χ0n) is 14.1. The van der Waals surface area contributed by atoms with Crippen molar-refractivity contribution >= 4 is 34.0 Å². The van der Waals surface area contributed by atoms with Crippen LogP contribution in [0, 0.1) is 0 Å². The molecule has 0 radical (unpaired) electrons. The summed E-state index contributed by atoms with van der Waals surface area (Å²) in [6, 6.07) is 2.90. The van der Waals surface area contributed by atoms with E-state index in [1.807, 2.05) is 6.92 Å². The van der Waals surface area contributed by atoms with Crippen LogP contribution in [0.1, 0.15) is 17.3 Å². The number of carbonyl (C=O) groups is 1. The van der Waals surface area contributed by atoms with E-state index in [0.29, 0.717) is 13.1 Å². The van der Waals surface area contributed by atoms with Gasteiger partial charge in [0.25, 0.3) is 5.91 Å². The summed E-state index contributed by atoms with van der Waals surface area (Å²) < 4.78 is 35.6. The Balaban J connectivity index is 0.00000529. The van der Waals surface area contributed by atoms with Crippen LogP contribution >= 0.6 is 12.4 Å². The first-order chi connectivity index (χ1) is 10.8. The monoisotopic (exact) mass is 381 g/mol. The van der Waals surface area contributed by atoms with Crippen LogP contribution < -0.4 is 24.8 Å². The Morgan fingerprint density at radius 3 is 2.33 bits per heavy atom. The minimum absolute atomic E-state index is 0. The lowest BCUT2D eigenvalue weighted by Crippen LogP contribution is -2.31. The number of methoxy groups -OCH3 is 2. The van der Waals surface area contributed by atoms with E-state index in [1.54, 1.807) is 0 Å². The van der Waals surface area contributed by atoms with Gasteiger partial charge in [-0.1, -0.05) is 6.92 Å². The first kappa shape index (κ1) is 22.3. The molecule has 0 spiro atoms. The quantitative estimate of drug-likeness (QED) is 0.547. The summed E-state index contributed by atoms with van der Waals surface area (Å²) in [7, 11) is -0.727. The van der Waals surface area contributed by atoms with E-state index in [0.717, 1.165) is 12.8 Å². The summed E-state index contributed by atoms with van der Waals surface area (Å²) in [4.78, 5) is 12.2. The summed E-state index contributed by atoms with van der Waals surface area (Å²) >= 11 is 0. The number of ether oxygens (including phenoxy) is 2. The Hall–Kier alpha value is -1.71. The van der Waals surface area contributed by atoms with Crippen molar-refractivity contribution in [3.63, 3.8) is 0 Å². The highest BCUT2D eigenvalue weighted by Crippen LogP contribution is 2.37. The second-order valence-electron chi connectivity index (χ2n) is 4.74. The third kappa shape index (κ3) is 6.81. The molecule has 0 unspecified atom stereocenters. The fourth-order valence-corrected chi connectivity index (χ4v) is 2.47. The molecular formula is C14H24ClN3O5S. The Kier molecular flexibility index (Phi) is 9.49. The molecule has 1 aromatic rings. The molecule has 0 aliphatic heterocycles. The molecule has 0 saturated carbocycles. The molecule has 0 heterocycles. The molecule has 0 aliphatic rings. The van der Waals surface area contributed by atoms with Crippen LogP contribution in [0.2, 0.25) is 0 Å². The Bertz CT molecular complexity index is 652. The molecule has 1 aromatic carbocycles. The summed E-state index contributed by atoms with van der Waals surface area (Å²) in [5, 5.41) is 5.82. The first-order valence-corrected chi connectivity index (χ1v) is 8.94. The number of likely N-dealkylation sites (N-methyl/N-ethyl adjacent to an activating group) is 1. The third-order valence-electron chi connectivity index (χ3n) is 2.87. The molecule has 8 nitrogen and oxygen atoms in total. The standard InChI is InChI=1S/C14H23N3O5S.ClH/c1-5-15-6-7-16-14(18)10-8-11(17-23(4,19)20)13(22-3)12(9-10)21-2;/h8-9,15,17H,5-7H2,1-4H3,(H,16,18);1H. The van der Waals surface area contributed by atoms with E-state index >= 15 is 0 Å². The first-order valence-electron chi connectivity index (χ1n) is 7.05. The van der Waals surface area contributed by atoms with Crippen LogP contribution in [0.3, 0.4) is 0 Å². The van der Waals surface area contributed by atoms with E-state index in [-0.39, 0.29) is 41.1 Å². The van der Waals surface area contributed by atoms with Crippen molar-refractivity contribution < 1.29 is 22.7 Å². The molecule has 0 atom stereocenters. The molecule has 0 fully saturated rings. The number of hydrogen-bond donors (Lipinski definition) is 3. The molecule has 1 rings (SSSR count). The van der Waals surface area contributed by atoms with Crippen LogP contribution in [-0.2, 0) is 10.0 Å². The van der Waals surface area contributed by atoms with Crippen LogP contribution in [0.5, 0.6) is 11.5 Å². The van der Waals surface area contributed by atoms with Gasteiger partial charge in [-0.05, 0) is 18.7 Å². The fraction of sp³-hybridized carbons (Fsp3) is 0.500. The Labute approximate surface area is 148 Å². The van der Waals surface area contributed by atoms with Gasteiger partial charge in [0.15, 0.2) is 11.5 Å². The van der Waals surface area contributed by atoms with E-state index in [9.17, 15) is 13.2 Å². The number of hydrogen-bond acceptors (Lipinski definition) is 6. The van der Waals surface area contributed by atoms with E-state index in [4.69, 9.17) is 9.47 Å². The number of rotatable bonds is 9. The number of benzene rings is 1. The van der Waals surface area contributed by atoms with Crippen molar-refractivity contribution in [2.24, 2.45) is 0 Å². The average Bonchev–Trinajstić information content (AvgIpc) is 2.48. The lowest BCUT2D eigenvalue weighted by Gasteiger charge is -2.15. The molecule has 10 heteroatoms.